The molecule has 1 fully saturated rings. The zero-order chi connectivity index (χ0) is 28.0. The van der Waals surface area contributed by atoms with E-state index in [4.69, 9.17) is 14.2 Å². The first-order valence-corrected chi connectivity index (χ1v) is 14.4. The zero-order valence-electron chi connectivity index (χ0n) is 23.1. The topological polar surface area (TPSA) is 80.3 Å². The van der Waals surface area contributed by atoms with Crippen LogP contribution in [0.1, 0.15) is 53.6 Å². The van der Waals surface area contributed by atoms with E-state index in [0.29, 0.717) is 41.6 Å². The predicted molar refractivity (Wildman–Crippen MR) is 157 cm³/mol. The summed E-state index contributed by atoms with van der Waals surface area (Å²) < 4.78 is 17.0. The lowest BCUT2D eigenvalue weighted by Crippen LogP contribution is -2.36. The first kappa shape index (κ1) is 26.9. The van der Waals surface area contributed by atoms with Crippen molar-refractivity contribution in [1.29, 1.82) is 0 Å². The van der Waals surface area contributed by atoms with E-state index in [1.807, 2.05) is 54.6 Å². The van der Waals surface area contributed by atoms with Gasteiger partial charge in [0.2, 0.25) is 6.79 Å². The van der Waals surface area contributed by atoms with Gasteiger partial charge in [-0.05, 0) is 92.5 Å². The molecule has 3 aromatic carbocycles. The summed E-state index contributed by atoms with van der Waals surface area (Å²) in [5, 5.41) is 3.03. The number of amides is 2. The van der Waals surface area contributed by atoms with Crippen molar-refractivity contribution < 1.29 is 23.8 Å². The van der Waals surface area contributed by atoms with Gasteiger partial charge >= 0.3 is 0 Å². The van der Waals surface area contributed by atoms with Gasteiger partial charge in [-0.15, -0.1) is 0 Å². The van der Waals surface area contributed by atoms with Crippen molar-refractivity contribution in [2.24, 2.45) is 0 Å². The molecule has 1 saturated heterocycles. The summed E-state index contributed by atoms with van der Waals surface area (Å²) in [4.78, 5) is 30.5. The molecule has 0 aliphatic carbocycles. The number of nitrogens with zero attached hydrogens (tertiary/aromatic N) is 2. The van der Waals surface area contributed by atoms with Crippen molar-refractivity contribution in [2.45, 2.75) is 38.6 Å². The smallest absolute Gasteiger partial charge is 0.294 e. The number of hydrogen-bond donors (Lipinski definition) is 1. The van der Waals surface area contributed by atoms with Crippen molar-refractivity contribution in [3.63, 3.8) is 0 Å². The number of carbonyl (C=O) groups excluding carboxylic acids is 2. The molecule has 1 N–H and O–H groups in total. The zero-order valence-corrected chi connectivity index (χ0v) is 23.1. The maximum atomic E-state index is 13.6. The Bertz CT molecular complexity index is 1430. The quantitative estimate of drug-likeness (QED) is 0.298. The van der Waals surface area contributed by atoms with Crippen molar-refractivity contribution in [3.05, 3.63) is 89.2 Å². The Morgan fingerprint density at radius 3 is 2.49 bits per heavy atom. The maximum absolute atomic E-state index is 13.6. The van der Waals surface area contributed by atoms with E-state index in [1.54, 1.807) is 23.1 Å². The molecule has 212 valence electrons. The normalized spacial score (nSPS) is 17.6. The molecule has 8 heteroatoms. The van der Waals surface area contributed by atoms with E-state index in [9.17, 15) is 9.59 Å². The van der Waals surface area contributed by atoms with Gasteiger partial charge in [-0.1, -0.05) is 43.2 Å². The van der Waals surface area contributed by atoms with Crippen LogP contribution in [0.2, 0.25) is 0 Å². The van der Waals surface area contributed by atoms with Gasteiger partial charge in [0.1, 0.15) is 0 Å². The molecule has 0 radical (unpaired) electrons. The molecule has 8 nitrogen and oxygen atoms in total. The molecule has 0 bridgehead atoms. The molecule has 0 atom stereocenters. The molecular formula is C33H35N3O5. The SMILES string of the molecule is O=C(NCCCN1CCCCCC1)c1ccc(/C=C2\Oc3ccccc3N(Cc3ccc4c(c3)OCO4)C2=O)cc1. The number of anilines is 1. The van der Waals surface area contributed by atoms with Crippen molar-refractivity contribution in [2.75, 3.05) is 37.9 Å². The third-order valence-corrected chi connectivity index (χ3v) is 7.72. The minimum absolute atomic E-state index is 0.0890. The van der Waals surface area contributed by atoms with Crippen LogP contribution in [0.4, 0.5) is 5.69 Å². The van der Waals surface area contributed by atoms with Crippen molar-refractivity contribution in [3.8, 4) is 17.2 Å². The van der Waals surface area contributed by atoms with Gasteiger partial charge in [0.25, 0.3) is 11.8 Å². The Balaban J connectivity index is 1.10. The molecule has 0 spiro atoms. The van der Waals surface area contributed by atoms with Crippen LogP contribution in [-0.4, -0.2) is 49.7 Å². The predicted octanol–water partition coefficient (Wildman–Crippen LogP) is 5.38. The van der Waals surface area contributed by atoms with E-state index >= 15 is 0 Å². The van der Waals surface area contributed by atoms with Crippen LogP contribution in [-0.2, 0) is 11.3 Å². The molecule has 3 heterocycles. The van der Waals surface area contributed by atoms with Gasteiger partial charge in [-0.3, -0.25) is 14.5 Å². The van der Waals surface area contributed by atoms with Crippen LogP contribution in [0.25, 0.3) is 6.08 Å². The average Bonchev–Trinajstić information content (AvgIpc) is 3.31. The Morgan fingerprint density at radius 1 is 0.878 bits per heavy atom. The Morgan fingerprint density at radius 2 is 1.66 bits per heavy atom. The number of hydrogen-bond acceptors (Lipinski definition) is 6. The summed E-state index contributed by atoms with van der Waals surface area (Å²) in [6.45, 7) is 4.56. The number of para-hydroxylation sites is 2. The van der Waals surface area contributed by atoms with E-state index in [0.717, 1.165) is 24.1 Å². The van der Waals surface area contributed by atoms with Crippen LogP contribution >= 0.6 is 0 Å². The number of benzene rings is 3. The molecule has 3 aliphatic rings. The van der Waals surface area contributed by atoms with Crippen LogP contribution < -0.4 is 24.4 Å². The Hall–Kier alpha value is -4.30. The largest absolute Gasteiger partial charge is 0.454 e. The molecule has 0 aromatic heterocycles. The summed E-state index contributed by atoms with van der Waals surface area (Å²) in [7, 11) is 0. The van der Waals surface area contributed by atoms with Crippen molar-refractivity contribution >= 4 is 23.6 Å². The second kappa shape index (κ2) is 12.5. The van der Waals surface area contributed by atoms with E-state index in [-0.39, 0.29) is 24.4 Å². The fourth-order valence-electron chi connectivity index (χ4n) is 5.49. The summed E-state index contributed by atoms with van der Waals surface area (Å²) in [6.07, 6.45) is 7.86. The first-order chi connectivity index (χ1) is 20.1. The van der Waals surface area contributed by atoms with Gasteiger partial charge in [0, 0.05) is 12.1 Å². The number of rotatable bonds is 8. The van der Waals surface area contributed by atoms with Crippen LogP contribution in [0, 0.1) is 0 Å². The summed E-state index contributed by atoms with van der Waals surface area (Å²) in [6, 6.07) is 20.4. The van der Waals surface area contributed by atoms with Gasteiger partial charge in [-0.2, -0.15) is 0 Å². The monoisotopic (exact) mass is 553 g/mol. The first-order valence-electron chi connectivity index (χ1n) is 14.4. The Kier molecular flexibility index (Phi) is 8.18. The highest BCUT2D eigenvalue weighted by atomic mass is 16.7. The van der Waals surface area contributed by atoms with E-state index in [1.165, 1.54) is 38.8 Å². The molecule has 3 aliphatic heterocycles. The average molecular weight is 554 g/mol. The number of fused-ring (bicyclic) bond motifs is 2. The van der Waals surface area contributed by atoms with Crippen LogP contribution in [0.5, 0.6) is 17.2 Å². The Labute approximate surface area is 240 Å². The highest BCUT2D eigenvalue weighted by Crippen LogP contribution is 2.38. The lowest BCUT2D eigenvalue weighted by atomic mass is 10.1. The number of nitrogens with one attached hydrogen (secondary N) is 1. The lowest BCUT2D eigenvalue weighted by Gasteiger charge is -2.30. The molecular weight excluding hydrogens is 518 g/mol. The second-order valence-corrected chi connectivity index (χ2v) is 10.6. The minimum atomic E-state index is -0.243. The highest BCUT2D eigenvalue weighted by Gasteiger charge is 2.30. The van der Waals surface area contributed by atoms with Crippen molar-refractivity contribution in [1.82, 2.24) is 10.2 Å². The number of likely N-dealkylation sites (tertiary alicyclic amines) is 1. The summed E-state index contributed by atoms with van der Waals surface area (Å²) >= 11 is 0. The molecule has 41 heavy (non-hydrogen) atoms. The van der Waals surface area contributed by atoms with Gasteiger partial charge < -0.3 is 24.4 Å². The van der Waals surface area contributed by atoms with Crippen LogP contribution in [0.15, 0.2) is 72.5 Å². The highest BCUT2D eigenvalue weighted by molar-refractivity contribution is 6.09. The third-order valence-electron chi connectivity index (χ3n) is 7.72. The van der Waals surface area contributed by atoms with E-state index in [2.05, 4.69) is 10.2 Å². The summed E-state index contributed by atoms with van der Waals surface area (Å²) in [5.74, 6) is 1.87. The molecule has 2 amide bonds. The minimum Gasteiger partial charge on any atom is -0.454 e. The lowest BCUT2D eigenvalue weighted by molar-refractivity contribution is -0.117. The summed E-state index contributed by atoms with van der Waals surface area (Å²) in [5.41, 5.74) is 2.98. The molecule has 0 unspecified atom stereocenters. The van der Waals surface area contributed by atoms with Crippen LogP contribution in [0.3, 0.4) is 0 Å². The number of ether oxygens (including phenoxy) is 3. The standard InChI is InChI=1S/C33H35N3O5/c37-32(34-16-7-19-35-17-5-1-2-6-18-35)26-13-10-24(11-14-26)20-31-33(38)36(27-8-3-4-9-28(27)41-31)22-25-12-15-29-30(21-25)40-23-39-29/h3-4,8-15,20-21H,1-2,5-7,16-19,22-23H2,(H,34,37)/b31-20-. The van der Waals surface area contributed by atoms with Gasteiger partial charge in [0.05, 0.1) is 12.2 Å². The molecule has 0 saturated carbocycles. The van der Waals surface area contributed by atoms with E-state index < -0.39 is 0 Å². The fraction of sp³-hybridized carbons (Fsp3) is 0.333. The maximum Gasteiger partial charge on any atom is 0.294 e. The second-order valence-electron chi connectivity index (χ2n) is 10.6. The molecule has 6 rings (SSSR count). The number of carbonyl (C=O) groups is 2. The van der Waals surface area contributed by atoms with Gasteiger partial charge in [0.15, 0.2) is 23.0 Å². The third kappa shape index (κ3) is 6.38. The fourth-order valence-corrected chi connectivity index (χ4v) is 5.49. The molecule has 3 aromatic rings. The van der Waals surface area contributed by atoms with Gasteiger partial charge in [-0.25, -0.2) is 0 Å².